The Morgan fingerprint density at radius 3 is 1.62 bits per heavy atom. The summed E-state index contributed by atoms with van der Waals surface area (Å²) >= 11 is 0. The van der Waals surface area contributed by atoms with Gasteiger partial charge in [0.25, 0.3) is 11.8 Å². The molecule has 7 heterocycles. The summed E-state index contributed by atoms with van der Waals surface area (Å²) in [5, 5.41) is 0. The van der Waals surface area contributed by atoms with Crippen LogP contribution in [0.15, 0.2) is 23.5 Å². The zero-order chi connectivity index (χ0) is 21.9. The first kappa shape index (κ1) is 17.8. The van der Waals surface area contributed by atoms with Gasteiger partial charge in [-0.2, -0.15) is 0 Å². The van der Waals surface area contributed by atoms with E-state index < -0.39 is 47.1 Å². The van der Waals surface area contributed by atoms with Crippen molar-refractivity contribution >= 4 is 23.8 Å². The Morgan fingerprint density at radius 1 is 0.844 bits per heavy atom. The highest BCUT2D eigenvalue weighted by atomic mass is 16.6. The maximum absolute atomic E-state index is 13.7. The first-order valence-electron chi connectivity index (χ1n) is 11.1. The van der Waals surface area contributed by atoms with Crippen LogP contribution < -0.4 is 0 Å². The lowest BCUT2D eigenvalue weighted by Gasteiger charge is -2.50. The molecule has 2 amide bonds. The van der Waals surface area contributed by atoms with Gasteiger partial charge in [-0.1, -0.05) is 0 Å². The Balaban J connectivity index is 1.39. The molecule has 32 heavy (non-hydrogen) atoms. The number of hydrogen-bond acceptors (Lipinski definition) is 8. The zero-order valence-electron chi connectivity index (χ0n) is 17.3. The minimum atomic E-state index is -0.628. The number of carbonyl (C=O) groups excluding carboxylic acids is 4. The topological polar surface area (TPSA) is 118 Å². The van der Waals surface area contributed by atoms with E-state index in [-0.39, 0.29) is 36.2 Å². The summed E-state index contributed by atoms with van der Waals surface area (Å²) in [6, 6.07) is -1.22. The predicted octanol–water partition coefficient (Wildman–Crippen LogP) is -0.619. The van der Waals surface area contributed by atoms with Crippen LogP contribution in [0.1, 0.15) is 26.7 Å². The highest BCUT2D eigenvalue weighted by Gasteiger charge is 2.87. The van der Waals surface area contributed by atoms with Gasteiger partial charge in [0.2, 0.25) is 0 Å². The molecule has 166 valence electrons. The minimum Gasteiger partial charge on any atom is -0.455 e. The van der Waals surface area contributed by atoms with Crippen molar-refractivity contribution in [1.82, 2.24) is 9.80 Å². The van der Waals surface area contributed by atoms with E-state index in [0.29, 0.717) is 12.8 Å². The molecule has 0 N–H and O–H groups in total. The fourth-order valence-corrected chi connectivity index (χ4v) is 7.97. The number of carbonyl (C=O) groups is 4. The molecule has 7 saturated heterocycles. The van der Waals surface area contributed by atoms with E-state index >= 15 is 0 Å². The van der Waals surface area contributed by atoms with Crippen molar-refractivity contribution in [3.05, 3.63) is 23.5 Å². The normalized spacial score (nSPS) is 51.8. The SMILES string of the molecule is CC(=O)O[C@@H]1C=C2N3C(=O)[C@@H]4C[C@]56C(=C[C@@H](OC(C)=O)[C@@H]7O[C@@H]75)N4C(=O)[C@@H]3C[C@@]26[C@H]2O[C@@H]12. The number of epoxide rings is 2. The van der Waals surface area contributed by atoms with E-state index in [9.17, 15) is 19.2 Å². The summed E-state index contributed by atoms with van der Waals surface area (Å²) in [6.45, 7) is 2.70. The van der Waals surface area contributed by atoms with Crippen molar-refractivity contribution in [2.75, 3.05) is 0 Å². The van der Waals surface area contributed by atoms with Crippen LogP contribution in [0, 0.1) is 10.8 Å². The van der Waals surface area contributed by atoms with Crippen LogP contribution in [-0.2, 0) is 38.1 Å². The Morgan fingerprint density at radius 2 is 1.25 bits per heavy atom. The van der Waals surface area contributed by atoms with E-state index in [4.69, 9.17) is 18.9 Å². The molecule has 10 atom stereocenters. The molecule has 7 fully saturated rings. The van der Waals surface area contributed by atoms with Crippen molar-refractivity contribution in [2.45, 2.75) is 75.4 Å². The lowest BCUT2D eigenvalue weighted by molar-refractivity contribution is -0.154. The van der Waals surface area contributed by atoms with Gasteiger partial charge >= 0.3 is 11.9 Å². The molecule has 7 aliphatic heterocycles. The number of piperazine rings is 1. The van der Waals surface area contributed by atoms with Crippen molar-refractivity contribution < 1.29 is 38.1 Å². The molecule has 0 aromatic rings. The van der Waals surface area contributed by atoms with Gasteiger partial charge in [0.15, 0.2) is 12.2 Å². The van der Waals surface area contributed by atoms with Crippen molar-refractivity contribution in [1.29, 1.82) is 0 Å². The van der Waals surface area contributed by atoms with Crippen LogP contribution in [0.2, 0.25) is 0 Å². The summed E-state index contributed by atoms with van der Waals surface area (Å²) in [4.78, 5) is 54.0. The smallest absolute Gasteiger partial charge is 0.303 e. The number of esters is 2. The van der Waals surface area contributed by atoms with Gasteiger partial charge in [-0.25, -0.2) is 0 Å². The van der Waals surface area contributed by atoms with Gasteiger partial charge in [-0.15, -0.1) is 0 Å². The van der Waals surface area contributed by atoms with Crippen molar-refractivity contribution in [3.8, 4) is 0 Å². The molecule has 0 unspecified atom stereocenters. The summed E-state index contributed by atoms with van der Waals surface area (Å²) in [5.74, 6) is -1.07. The van der Waals surface area contributed by atoms with E-state index in [1.54, 1.807) is 9.80 Å². The highest BCUT2D eigenvalue weighted by Crippen LogP contribution is 2.78. The number of nitrogens with zero attached hydrogens (tertiary/aromatic N) is 2. The third-order valence-electron chi connectivity index (χ3n) is 8.85. The van der Waals surface area contributed by atoms with E-state index in [2.05, 4.69) is 0 Å². The second-order valence-electron chi connectivity index (χ2n) is 10.1. The molecular formula is C22H20N2O8. The van der Waals surface area contributed by atoms with Gasteiger partial charge in [0, 0.05) is 25.2 Å². The molecule has 9 aliphatic rings. The van der Waals surface area contributed by atoms with Gasteiger partial charge in [0.1, 0.15) is 36.5 Å². The Hall–Kier alpha value is -2.72. The number of rotatable bonds is 2. The lowest BCUT2D eigenvalue weighted by Crippen LogP contribution is -2.60. The summed E-state index contributed by atoms with van der Waals surface area (Å²) < 4.78 is 23.3. The predicted molar refractivity (Wildman–Crippen MR) is 100.0 cm³/mol. The second-order valence-corrected chi connectivity index (χ2v) is 10.1. The molecular weight excluding hydrogens is 420 g/mol. The Kier molecular flexibility index (Phi) is 2.75. The molecule has 6 bridgehead atoms. The number of amides is 2. The lowest BCUT2D eigenvalue weighted by atomic mass is 9.52. The average Bonchev–Trinajstić information content (AvgIpc) is 3.62. The third kappa shape index (κ3) is 1.61. The van der Waals surface area contributed by atoms with Crippen LogP contribution in [0.4, 0.5) is 0 Å². The van der Waals surface area contributed by atoms with Crippen molar-refractivity contribution in [3.63, 3.8) is 0 Å². The molecule has 2 spiro atoms. The summed E-state index contributed by atoms with van der Waals surface area (Å²) in [6.07, 6.45) is 2.23. The van der Waals surface area contributed by atoms with Gasteiger partial charge in [0.05, 0.1) is 10.8 Å². The van der Waals surface area contributed by atoms with E-state index in [0.717, 1.165) is 11.4 Å². The van der Waals surface area contributed by atoms with E-state index in [1.165, 1.54) is 13.8 Å². The molecule has 10 nitrogen and oxygen atoms in total. The van der Waals surface area contributed by atoms with Gasteiger partial charge < -0.3 is 28.7 Å². The molecule has 10 heteroatoms. The fraction of sp³-hybridized carbons (Fsp3) is 0.636. The number of fused-ring (bicyclic) bond motifs is 2. The van der Waals surface area contributed by atoms with Crippen LogP contribution in [0.25, 0.3) is 0 Å². The fourth-order valence-electron chi connectivity index (χ4n) is 7.97. The largest absolute Gasteiger partial charge is 0.455 e. The Bertz CT molecular complexity index is 1060. The summed E-state index contributed by atoms with van der Waals surface area (Å²) in [7, 11) is 0. The monoisotopic (exact) mass is 440 g/mol. The molecule has 0 saturated carbocycles. The van der Waals surface area contributed by atoms with Gasteiger partial charge in [-0.05, 0) is 25.0 Å². The molecule has 0 aromatic heterocycles. The summed E-state index contributed by atoms with van der Waals surface area (Å²) in [5.41, 5.74) is 0.214. The second kappa shape index (κ2) is 4.94. The molecule has 9 rings (SSSR count). The number of ether oxygens (including phenoxy) is 4. The standard InChI is InChI=1S/C22H20N2O8/c1-7(25)29-11-3-13-21(17-15(11)31-17)5-9-20(28)24-10(19(27)23(9)13)6-22(21)14(24)4-12(30-8(2)26)16-18(22)32-16/h3-4,9-12,15-18H,5-6H2,1-2H3/t9-,10-,11+,12+,15-,16-,17-,18-,21-,22-/m0/s1. The minimum absolute atomic E-state index is 0.114. The molecule has 0 radical (unpaired) electrons. The molecule has 0 aromatic carbocycles. The first-order chi connectivity index (χ1) is 15.3. The van der Waals surface area contributed by atoms with Crippen LogP contribution in [0.5, 0.6) is 0 Å². The number of hydrogen-bond donors (Lipinski definition) is 0. The van der Waals surface area contributed by atoms with E-state index in [1.807, 2.05) is 12.2 Å². The molecule has 2 aliphatic carbocycles. The van der Waals surface area contributed by atoms with Gasteiger partial charge in [-0.3, -0.25) is 19.2 Å². The maximum atomic E-state index is 13.7. The van der Waals surface area contributed by atoms with Crippen LogP contribution >= 0.6 is 0 Å². The van der Waals surface area contributed by atoms with Crippen LogP contribution in [-0.4, -0.2) is 82.3 Å². The Labute approximate surface area is 182 Å². The quantitative estimate of drug-likeness (QED) is 0.412. The van der Waals surface area contributed by atoms with Crippen LogP contribution in [0.3, 0.4) is 0 Å². The third-order valence-corrected chi connectivity index (χ3v) is 8.85. The highest BCUT2D eigenvalue weighted by molar-refractivity contribution is 6.03. The first-order valence-corrected chi connectivity index (χ1v) is 11.1. The zero-order valence-corrected chi connectivity index (χ0v) is 17.3. The maximum Gasteiger partial charge on any atom is 0.303 e. The van der Waals surface area contributed by atoms with Crippen molar-refractivity contribution in [2.24, 2.45) is 10.8 Å². The average molecular weight is 440 g/mol.